The van der Waals surface area contributed by atoms with E-state index in [1.807, 2.05) is 0 Å². The van der Waals surface area contributed by atoms with Crippen LogP contribution in [0.4, 0.5) is 0 Å². The second-order valence-corrected chi connectivity index (χ2v) is 15.3. The van der Waals surface area contributed by atoms with Crippen LogP contribution in [0.3, 0.4) is 0 Å². The molecule has 0 aromatic rings. The first-order valence-electron chi connectivity index (χ1n) is 21.6. The zero-order valence-electron chi connectivity index (χ0n) is 33.0. The molecule has 0 radical (unpaired) electrons. The number of ether oxygens (including phenoxy) is 3. The first kappa shape index (κ1) is 45.3. The summed E-state index contributed by atoms with van der Waals surface area (Å²) in [7, 11) is 2.37. The van der Waals surface area contributed by atoms with Gasteiger partial charge in [0.05, 0.1) is 26.9 Å². The van der Waals surface area contributed by atoms with Gasteiger partial charge in [-0.05, 0) is 64.2 Å². The summed E-state index contributed by atoms with van der Waals surface area (Å²) in [4.78, 5) is 0. The molecule has 4 nitrogen and oxygen atoms in total. The van der Waals surface area contributed by atoms with Crippen molar-refractivity contribution in [2.24, 2.45) is 0 Å². The van der Waals surface area contributed by atoms with Crippen molar-refractivity contribution in [2.45, 2.75) is 200 Å². The van der Waals surface area contributed by atoms with Crippen molar-refractivity contribution in [3.8, 4) is 0 Å². The van der Waals surface area contributed by atoms with Gasteiger partial charge in [-0.2, -0.15) is 0 Å². The normalized spacial score (nSPS) is 15.6. The lowest BCUT2D eigenvalue weighted by Crippen LogP contribution is -2.56. The number of allylic oxidation sites excluding steroid dienone is 4. The van der Waals surface area contributed by atoms with Crippen molar-refractivity contribution >= 4 is 0 Å². The highest BCUT2D eigenvalue weighted by Crippen LogP contribution is 2.15. The van der Waals surface area contributed by atoms with Crippen LogP contribution >= 0.6 is 0 Å². The van der Waals surface area contributed by atoms with Gasteiger partial charge in [-0.3, -0.25) is 0 Å². The fourth-order valence-corrected chi connectivity index (χ4v) is 6.88. The Morgan fingerprint density at radius 2 is 0.875 bits per heavy atom. The van der Waals surface area contributed by atoms with Crippen LogP contribution in [0.1, 0.15) is 194 Å². The third-order valence-electron chi connectivity index (χ3n) is 10.3. The predicted octanol–water partition coefficient (Wildman–Crippen LogP) is 12.9. The lowest BCUT2D eigenvalue weighted by Gasteiger charge is -2.39. The van der Waals surface area contributed by atoms with Gasteiger partial charge in [-0.25, -0.2) is 0 Å². The van der Waals surface area contributed by atoms with Gasteiger partial charge < -0.3 is 18.7 Å². The van der Waals surface area contributed by atoms with E-state index in [-0.39, 0.29) is 6.10 Å². The van der Waals surface area contributed by atoms with Gasteiger partial charge in [0.15, 0.2) is 0 Å². The molecule has 0 amide bonds. The van der Waals surface area contributed by atoms with E-state index in [1.54, 1.807) is 0 Å². The van der Waals surface area contributed by atoms with E-state index < -0.39 is 0 Å². The van der Waals surface area contributed by atoms with Gasteiger partial charge in [-0.15, -0.1) is 0 Å². The van der Waals surface area contributed by atoms with Gasteiger partial charge in [0.1, 0.15) is 25.7 Å². The molecular formula is C44H86NO3+. The lowest BCUT2D eigenvalue weighted by atomic mass is 10.1. The van der Waals surface area contributed by atoms with E-state index in [0.29, 0.717) is 0 Å². The van der Waals surface area contributed by atoms with Gasteiger partial charge in [0.25, 0.3) is 0 Å². The summed E-state index contributed by atoms with van der Waals surface area (Å²) in [6, 6.07) is 0. The Bertz CT molecular complexity index is 687. The van der Waals surface area contributed by atoms with E-state index in [9.17, 15) is 0 Å². The van der Waals surface area contributed by atoms with Crippen molar-refractivity contribution in [3.05, 3.63) is 24.3 Å². The number of rotatable bonds is 37. The van der Waals surface area contributed by atoms with Gasteiger partial charge >= 0.3 is 0 Å². The third kappa shape index (κ3) is 31.3. The van der Waals surface area contributed by atoms with E-state index >= 15 is 0 Å². The third-order valence-corrected chi connectivity index (χ3v) is 10.3. The molecule has 1 aliphatic rings. The summed E-state index contributed by atoms with van der Waals surface area (Å²) < 4.78 is 19.4. The van der Waals surface area contributed by atoms with Gasteiger partial charge in [-0.1, -0.05) is 154 Å². The number of unbranched alkanes of at least 4 members (excludes halogenated alkanes) is 24. The highest BCUT2D eigenvalue weighted by molar-refractivity contribution is 4.82. The van der Waals surface area contributed by atoms with Crippen molar-refractivity contribution < 1.29 is 18.7 Å². The zero-order chi connectivity index (χ0) is 34.5. The van der Waals surface area contributed by atoms with Crippen LogP contribution in [0.25, 0.3) is 0 Å². The monoisotopic (exact) mass is 677 g/mol. The number of morpholine rings is 1. The number of hydrogen-bond donors (Lipinski definition) is 0. The van der Waals surface area contributed by atoms with Crippen LogP contribution in [-0.2, 0) is 14.2 Å². The van der Waals surface area contributed by atoms with E-state index in [4.69, 9.17) is 14.2 Å². The maximum absolute atomic E-state index is 6.47. The average molecular weight is 677 g/mol. The van der Waals surface area contributed by atoms with Crippen molar-refractivity contribution in [2.75, 3.05) is 59.7 Å². The fraction of sp³-hybridized carbons (Fsp3) is 0.909. The lowest BCUT2D eigenvalue weighted by molar-refractivity contribution is -0.919. The van der Waals surface area contributed by atoms with Crippen LogP contribution in [0, 0.1) is 0 Å². The highest BCUT2D eigenvalue weighted by atomic mass is 16.5. The smallest absolute Gasteiger partial charge is 0.130 e. The SMILES string of the molecule is CCCCCCCCC=CCCCCCCCCOCC(C[N+]1(C)CCOCC1)OCCCCCCCCC=CCCCCCCCC. The zero-order valence-corrected chi connectivity index (χ0v) is 33.0. The Labute approximate surface area is 301 Å². The van der Waals surface area contributed by atoms with Crippen molar-refractivity contribution in [1.29, 1.82) is 0 Å². The molecule has 1 rings (SSSR count). The molecule has 0 aromatic heterocycles. The Morgan fingerprint density at radius 3 is 1.31 bits per heavy atom. The Kier molecular flexibility index (Phi) is 34.1. The standard InChI is InChI=1S/C44H86NO3/c1-4-6-8-10-12-14-16-18-20-22-24-26-28-30-32-34-38-47-43-44(42-45(3)36-40-46-41-37-45)48-39-35-33-31-29-27-25-23-21-19-17-15-13-11-9-7-5-2/h18-21,44H,4-17,22-43H2,1-3H3/q+1. The predicted molar refractivity (Wildman–Crippen MR) is 211 cm³/mol. The minimum absolute atomic E-state index is 0.199. The van der Waals surface area contributed by atoms with Gasteiger partial charge in [0, 0.05) is 13.2 Å². The quantitative estimate of drug-likeness (QED) is 0.0372. The molecule has 1 heterocycles. The molecule has 0 saturated carbocycles. The molecule has 0 spiro atoms. The maximum Gasteiger partial charge on any atom is 0.130 e. The summed E-state index contributed by atoms with van der Waals surface area (Å²) >= 11 is 0. The van der Waals surface area contributed by atoms with E-state index in [0.717, 1.165) is 57.2 Å². The molecule has 0 N–H and O–H groups in total. The largest absolute Gasteiger partial charge is 0.379 e. The molecule has 1 aliphatic heterocycles. The maximum atomic E-state index is 6.47. The van der Waals surface area contributed by atoms with Crippen molar-refractivity contribution in [1.82, 2.24) is 0 Å². The Hall–Kier alpha value is -0.680. The molecule has 4 heteroatoms. The average Bonchev–Trinajstić information content (AvgIpc) is 3.09. The summed E-state index contributed by atoms with van der Waals surface area (Å²) in [6.45, 7) is 12.0. The molecule has 0 aromatic carbocycles. The Balaban J connectivity index is 2.04. The van der Waals surface area contributed by atoms with Crippen LogP contribution in [0.2, 0.25) is 0 Å². The molecule has 0 bridgehead atoms. The number of hydrogen-bond acceptors (Lipinski definition) is 3. The number of nitrogens with zero attached hydrogens (tertiary/aromatic N) is 1. The first-order chi connectivity index (χ1) is 23.7. The van der Waals surface area contributed by atoms with Crippen molar-refractivity contribution in [3.63, 3.8) is 0 Å². The molecule has 0 aliphatic carbocycles. The van der Waals surface area contributed by atoms with Crippen LogP contribution in [-0.4, -0.2) is 70.3 Å². The molecule has 284 valence electrons. The van der Waals surface area contributed by atoms with Crippen LogP contribution < -0.4 is 0 Å². The number of likely N-dealkylation sites (N-methyl/N-ethyl adjacent to an activating group) is 1. The molecule has 1 saturated heterocycles. The topological polar surface area (TPSA) is 27.7 Å². The summed E-state index contributed by atoms with van der Waals surface area (Å²) in [5.74, 6) is 0. The second-order valence-electron chi connectivity index (χ2n) is 15.3. The number of quaternary nitrogens is 1. The van der Waals surface area contributed by atoms with Gasteiger partial charge in [0.2, 0.25) is 0 Å². The van der Waals surface area contributed by atoms with Crippen LogP contribution in [0.5, 0.6) is 0 Å². The molecular weight excluding hydrogens is 590 g/mol. The molecule has 1 atom stereocenters. The minimum atomic E-state index is 0.199. The first-order valence-corrected chi connectivity index (χ1v) is 21.6. The Morgan fingerprint density at radius 1 is 0.500 bits per heavy atom. The summed E-state index contributed by atoms with van der Waals surface area (Å²) in [5.41, 5.74) is 0. The fourth-order valence-electron chi connectivity index (χ4n) is 6.88. The molecule has 1 fully saturated rings. The van der Waals surface area contributed by atoms with E-state index in [2.05, 4.69) is 45.2 Å². The molecule has 48 heavy (non-hydrogen) atoms. The minimum Gasteiger partial charge on any atom is -0.379 e. The van der Waals surface area contributed by atoms with Crippen LogP contribution in [0.15, 0.2) is 24.3 Å². The second kappa shape index (κ2) is 36.1. The highest BCUT2D eigenvalue weighted by Gasteiger charge is 2.29. The van der Waals surface area contributed by atoms with E-state index in [1.165, 1.54) is 180 Å². The summed E-state index contributed by atoms with van der Waals surface area (Å²) in [6.07, 6.45) is 47.6. The molecule has 1 unspecified atom stereocenters. The summed E-state index contributed by atoms with van der Waals surface area (Å²) in [5, 5.41) is 0.